The first-order valence-electron chi connectivity index (χ1n) is 6.07. The molecule has 0 fully saturated rings. The quantitative estimate of drug-likeness (QED) is 0.707. The molecule has 0 aliphatic heterocycles. The van der Waals surface area contributed by atoms with E-state index in [9.17, 15) is 4.79 Å². The molecule has 1 rings (SSSR count). The van der Waals surface area contributed by atoms with Crippen LogP contribution in [0.1, 0.15) is 50.9 Å². The van der Waals surface area contributed by atoms with Gasteiger partial charge in [0.15, 0.2) is 5.78 Å². The third-order valence-electron chi connectivity index (χ3n) is 2.66. The molecule has 94 valence electrons. The van der Waals surface area contributed by atoms with Gasteiger partial charge in [0.25, 0.3) is 0 Å². The maximum Gasteiger partial charge on any atom is 0.163 e. The predicted molar refractivity (Wildman–Crippen MR) is 76.3 cm³/mol. The summed E-state index contributed by atoms with van der Waals surface area (Å²) in [7, 11) is 0. The van der Waals surface area contributed by atoms with Crippen molar-refractivity contribution in [3.8, 4) is 0 Å². The molecule has 17 heavy (non-hydrogen) atoms. The van der Waals surface area contributed by atoms with E-state index in [1.807, 2.05) is 24.3 Å². The summed E-state index contributed by atoms with van der Waals surface area (Å²) < 4.78 is 1.01. The number of hydrogen-bond acceptors (Lipinski definition) is 1. The van der Waals surface area contributed by atoms with Gasteiger partial charge in [-0.05, 0) is 29.9 Å². The summed E-state index contributed by atoms with van der Waals surface area (Å²) in [4.78, 5) is 12.0. The molecule has 0 bridgehead atoms. The van der Waals surface area contributed by atoms with Gasteiger partial charge in [-0.25, -0.2) is 0 Å². The molecular weight excluding hydrogens is 276 g/mol. The monoisotopic (exact) mass is 296 g/mol. The second-order valence-corrected chi connectivity index (χ2v) is 6.92. The topological polar surface area (TPSA) is 17.1 Å². The maximum absolute atomic E-state index is 12.0. The first kappa shape index (κ1) is 14.4. The summed E-state index contributed by atoms with van der Waals surface area (Å²) in [6.07, 6.45) is 1.72. The lowest BCUT2D eigenvalue weighted by atomic mass is 9.83. The number of halogens is 1. The van der Waals surface area contributed by atoms with E-state index < -0.39 is 0 Å². The van der Waals surface area contributed by atoms with Crippen molar-refractivity contribution in [1.29, 1.82) is 0 Å². The van der Waals surface area contributed by atoms with E-state index >= 15 is 0 Å². The van der Waals surface area contributed by atoms with Crippen LogP contribution in [0.15, 0.2) is 28.7 Å². The molecule has 0 aromatic heterocycles. The number of Topliss-reactive ketones (excluding diaryl/α,β-unsaturated/α-hetero) is 1. The van der Waals surface area contributed by atoms with E-state index in [-0.39, 0.29) is 5.78 Å². The Hall–Kier alpha value is -0.630. The first-order valence-corrected chi connectivity index (χ1v) is 6.86. The van der Waals surface area contributed by atoms with Gasteiger partial charge in [-0.3, -0.25) is 4.79 Å². The molecular formula is C15H21BrO. The van der Waals surface area contributed by atoms with Gasteiger partial charge in [0.1, 0.15) is 0 Å². The molecule has 0 spiro atoms. The zero-order valence-electron chi connectivity index (χ0n) is 11.1. The second-order valence-electron chi connectivity index (χ2n) is 6.00. The van der Waals surface area contributed by atoms with E-state index in [0.717, 1.165) is 16.5 Å². The highest BCUT2D eigenvalue weighted by molar-refractivity contribution is 9.10. The highest BCUT2D eigenvalue weighted by Crippen LogP contribution is 2.27. The van der Waals surface area contributed by atoms with E-state index in [1.165, 1.54) is 0 Å². The van der Waals surface area contributed by atoms with Crippen LogP contribution in [0.2, 0.25) is 0 Å². The van der Waals surface area contributed by atoms with Crippen LogP contribution >= 0.6 is 15.9 Å². The maximum atomic E-state index is 12.0. The van der Waals surface area contributed by atoms with Crippen molar-refractivity contribution >= 4 is 21.7 Å². The average Bonchev–Trinajstić information content (AvgIpc) is 2.15. The summed E-state index contributed by atoms with van der Waals surface area (Å²) in [6.45, 7) is 8.80. The number of ketones is 1. The molecule has 1 unspecified atom stereocenters. The standard InChI is InChI=1S/C15H21BrO/c1-11(10-15(2,3)4)9-14(17)12-5-7-13(16)8-6-12/h5-8,11H,9-10H2,1-4H3. The van der Waals surface area contributed by atoms with Gasteiger partial charge in [-0.1, -0.05) is 55.8 Å². The van der Waals surface area contributed by atoms with E-state index in [1.54, 1.807) is 0 Å². The van der Waals surface area contributed by atoms with Crippen LogP contribution in [0.3, 0.4) is 0 Å². The lowest BCUT2D eigenvalue weighted by Gasteiger charge is -2.22. The van der Waals surface area contributed by atoms with Crippen molar-refractivity contribution in [1.82, 2.24) is 0 Å². The molecule has 0 radical (unpaired) electrons. The van der Waals surface area contributed by atoms with E-state index in [4.69, 9.17) is 0 Å². The Kier molecular flexibility index (Phi) is 4.93. The van der Waals surface area contributed by atoms with Crippen LogP contribution in [-0.2, 0) is 0 Å². The largest absolute Gasteiger partial charge is 0.294 e. The van der Waals surface area contributed by atoms with Crippen LogP contribution < -0.4 is 0 Å². The average molecular weight is 297 g/mol. The van der Waals surface area contributed by atoms with Crippen LogP contribution in [0.5, 0.6) is 0 Å². The fourth-order valence-electron chi connectivity index (χ4n) is 2.19. The molecule has 2 heteroatoms. The summed E-state index contributed by atoms with van der Waals surface area (Å²) >= 11 is 3.37. The predicted octanol–water partition coefficient (Wildman–Crippen LogP) is 5.09. The second kappa shape index (κ2) is 5.81. The minimum atomic E-state index is 0.245. The summed E-state index contributed by atoms with van der Waals surface area (Å²) in [5, 5.41) is 0. The third-order valence-corrected chi connectivity index (χ3v) is 3.19. The van der Waals surface area contributed by atoms with Gasteiger partial charge >= 0.3 is 0 Å². The Bertz CT molecular complexity index is 373. The number of hydrogen-bond donors (Lipinski definition) is 0. The Morgan fingerprint density at radius 3 is 2.24 bits per heavy atom. The Balaban J connectivity index is 2.57. The van der Waals surface area contributed by atoms with Crippen LogP contribution in [0.25, 0.3) is 0 Å². The highest BCUT2D eigenvalue weighted by Gasteiger charge is 2.18. The molecule has 1 aromatic rings. The lowest BCUT2D eigenvalue weighted by molar-refractivity contribution is 0.0954. The van der Waals surface area contributed by atoms with Gasteiger partial charge in [0.05, 0.1) is 0 Å². The third kappa shape index (κ3) is 5.49. The fourth-order valence-corrected chi connectivity index (χ4v) is 2.45. The van der Waals surface area contributed by atoms with Crippen molar-refractivity contribution in [3.63, 3.8) is 0 Å². The van der Waals surface area contributed by atoms with Crippen molar-refractivity contribution in [2.24, 2.45) is 11.3 Å². The smallest absolute Gasteiger partial charge is 0.163 e. The lowest BCUT2D eigenvalue weighted by Crippen LogP contribution is -2.14. The molecule has 1 atom stereocenters. The van der Waals surface area contributed by atoms with E-state index in [2.05, 4.69) is 43.6 Å². The van der Waals surface area contributed by atoms with Crippen molar-refractivity contribution in [2.75, 3.05) is 0 Å². The minimum absolute atomic E-state index is 0.245. The molecule has 0 saturated heterocycles. The summed E-state index contributed by atoms with van der Waals surface area (Å²) in [5.74, 6) is 0.681. The van der Waals surface area contributed by atoms with Crippen LogP contribution in [0, 0.1) is 11.3 Å². The van der Waals surface area contributed by atoms with Gasteiger partial charge in [0.2, 0.25) is 0 Å². The zero-order chi connectivity index (χ0) is 13.1. The molecule has 0 heterocycles. The molecule has 0 N–H and O–H groups in total. The number of carbonyl (C=O) groups is 1. The number of carbonyl (C=O) groups excluding carboxylic acids is 1. The van der Waals surface area contributed by atoms with E-state index in [0.29, 0.717) is 17.8 Å². The Morgan fingerprint density at radius 1 is 1.24 bits per heavy atom. The van der Waals surface area contributed by atoms with Gasteiger partial charge < -0.3 is 0 Å². The molecule has 1 nitrogen and oxygen atoms in total. The van der Waals surface area contributed by atoms with Crippen LogP contribution in [-0.4, -0.2) is 5.78 Å². The molecule has 1 aromatic carbocycles. The first-order chi connectivity index (χ1) is 7.78. The summed E-state index contributed by atoms with van der Waals surface area (Å²) in [6, 6.07) is 7.61. The van der Waals surface area contributed by atoms with Gasteiger partial charge in [-0.2, -0.15) is 0 Å². The zero-order valence-corrected chi connectivity index (χ0v) is 12.7. The number of benzene rings is 1. The SMILES string of the molecule is CC(CC(=O)c1ccc(Br)cc1)CC(C)(C)C. The Morgan fingerprint density at radius 2 is 1.76 bits per heavy atom. The van der Waals surface area contributed by atoms with Crippen LogP contribution in [0.4, 0.5) is 0 Å². The summed E-state index contributed by atoms with van der Waals surface area (Å²) in [5.41, 5.74) is 1.10. The van der Waals surface area contributed by atoms with Gasteiger partial charge in [-0.15, -0.1) is 0 Å². The van der Waals surface area contributed by atoms with Gasteiger partial charge in [0, 0.05) is 16.5 Å². The normalized spacial score (nSPS) is 13.5. The van der Waals surface area contributed by atoms with Crippen molar-refractivity contribution in [2.45, 2.75) is 40.5 Å². The minimum Gasteiger partial charge on any atom is -0.294 e. The van der Waals surface area contributed by atoms with Crippen molar-refractivity contribution in [3.05, 3.63) is 34.3 Å². The fraction of sp³-hybridized carbons (Fsp3) is 0.533. The molecule has 0 aliphatic carbocycles. The molecule has 0 amide bonds. The Labute approximate surface area is 113 Å². The number of rotatable bonds is 4. The van der Waals surface area contributed by atoms with Crippen molar-refractivity contribution < 1.29 is 4.79 Å². The highest BCUT2D eigenvalue weighted by atomic mass is 79.9. The molecule has 0 saturated carbocycles. The molecule has 0 aliphatic rings.